The van der Waals surface area contributed by atoms with Crippen molar-refractivity contribution in [2.75, 3.05) is 26.8 Å². The maximum absolute atomic E-state index is 13.6. The number of hydrogen-bond acceptors (Lipinski definition) is 7. The fourth-order valence-corrected chi connectivity index (χ4v) is 6.10. The van der Waals surface area contributed by atoms with Crippen LogP contribution in [0.4, 0.5) is 0 Å². The molecule has 0 saturated heterocycles. The number of halogens is 1. The number of ether oxygens (including phenoxy) is 2. The number of aromatic nitrogens is 1. The van der Waals surface area contributed by atoms with Gasteiger partial charge in [0.1, 0.15) is 18.5 Å². The van der Waals surface area contributed by atoms with E-state index in [2.05, 4.69) is 16.4 Å². The number of aliphatic hydroxyl groups excluding tert-OH is 2. The molecule has 0 bridgehead atoms. The van der Waals surface area contributed by atoms with Gasteiger partial charge < -0.3 is 34.9 Å². The molecule has 4 N–H and O–H groups in total. The van der Waals surface area contributed by atoms with Crippen LogP contribution in [-0.4, -0.2) is 83.3 Å². The average Bonchev–Trinajstić information content (AvgIpc) is 3.77. The van der Waals surface area contributed by atoms with Gasteiger partial charge in [0, 0.05) is 54.2 Å². The van der Waals surface area contributed by atoms with E-state index in [1.54, 1.807) is 23.1 Å². The maximum atomic E-state index is 13.6. The van der Waals surface area contributed by atoms with Crippen LogP contribution in [-0.2, 0) is 16.0 Å². The zero-order valence-corrected chi connectivity index (χ0v) is 25.4. The van der Waals surface area contributed by atoms with Gasteiger partial charge in [-0.05, 0) is 71.2 Å². The van der Waals surface area contributed by atoms with Gasteiger partial charge in [0.25, 0.3) is 0 Å². The Morgan fingerprint density at radius 3 is 2.69 bits per heavy atom. The Bertz CT molecular complexity index is 1470. The molecule has 1 aromatic heterocycles. The van der Waals surface area contributed by atoms with Gasteiger partial charge in [0.05, 0.1) is 23.3 Å². The summed E-state index contributed by atoms with van der Waals surface area (Å²) < 4.78 is 12.4. The van der Waals surface area contributed by atoms with Crippen molar-refractivity contribution in [1.82, 2.24) is 15.2 Å². The van der Waals surface area contributed by atoms with Crippen molar-refractivity contribution in [3.63, 3.8) is 0 Å². The van der Waals surface area contributed by atoms with Crippen molar-refractivity contribution in [2.24, 2.45) is 5.92 Å². The van der Waals surface area contributed by atoms with Gasteiger partial charge in [0.2, 0.25) is 11.8 Å². The summed E-state index contributed by atoms with van der Waals surface area (Å²) in [4.78, 5) is 43.2. The predicted octanol–water partition coefficient (Wildman–Crippen LogP) is 2.99. The molecule has 1 heterocycles. The van der Waals surface area contributed by atoms with E-state index in [1.165, 1.54) is 7.11 Å². The van der Waals surface area contributed by atoms with Crippen molar-refractivity contribution < 1.29 is 34.1 Å². The van der Waals surface area contributed by atoms with Crippen LogP contribution in [0.2, 0.25) is 0 Å². The standard InChI is InChI=1S/C31H34IN3O7/c1-41-27-13-18(17-37)12-23(32)29(27)42-26-16-21(30(39)33-9-11-36)15-25(28(26)38)35(31(40)19-6-7-19)10-8-22-14-20-4-2-3-5-24(20)34-22/h2-5,12-14,16-17,19,25-26,28,34,36,38H,6-11,15H2,1H3,(H,33,39)/t25-,26+,28+/m1/s1. The highest BCUT2D eigenvalue weighted by Gasteiger charge is 2.44. The predicted molar refractivity (Wildman–Crippen MR) is 165 cm³/mol. The van der Waals surface area contributed by atoms with Gasteiger partial charge in [-0.25, -0.2) is 0 Å². The first-order valence-electron chi connectivity index (χ1n) is 14.0. The van der Waals surface area contributed by atoms with Crippen molar-refractivity contribution in [2.45, 2.75) is 43.9 Å². The summed E-state index contributed by atoms with van der Waals surface area (Å²) >= 11 is 2.03. The number of aromatic amines is 1. The number of aliphatic hydroxyl groups is 2. The molecule has 10 nitrogen and oxygen atoms in total. The third kappa shape index (κ3) is 6.63. The maximum Gasteiger partial charge on any atom is 0.247 e. The van der Waals surface area contributed by atoms with E-state index in [0.29, 0.717) is 45.5 Å². The Morgan fingerprint density at radius 2 is 2.00 bits per heavy atom. The van der Waals surface area contributed by atoms with E-state index in [9.17, 15) is 24.6 Å². The molecule has 11 heteroatoms. The first-order chi connectivity index (χ1) is 20.3. The molecule has 222 valence electrons. The lowest BCUT2D eigenvalue weighted by Crippen LogP contribution is -2.56. The highest BCUT2D eigenvalue weighted by atomic mass is 127. The molecule has 2 aliphatic rings. The SMILES string of the molecule is COc1cc(C=O)cc(I)c1O[C@H]1C=C(C(=O)NCCO)C[C@@H](N(CCc2cc3ccccc3[nH]2)C(=O)C2CC2)[C@@H]1O. The molecular weight excluding hydrogens is 653 g/mol. The molecule has 0 aliphatic heterocycles. The zero-order valence-electron chi connectivity index (χ0n) is 23.2. The van der Waals surface area contributed by atoms with Crippen LogP contribution in [0, 0.1) is 9.49 Å². The van der Waals surface area contributed by atoms with Crippen LogP contribution >= 0.6 is 22.6 Å². The fraction of sp³-hybridized carbons (Fsp3) is 0.387. The van der Waals surface area contributed by atoms with Crippen molar-refractivity contribution >= 4 is 51.6 Å². The number of carbonyl (C=O) groups is 3. The smallest absolute Gasteiger partial charge is 0.247 e. The number of methoxy groups -OCH3 is 1. The van der Waals surface area contributed by atoms with Gasteiger partial charge in [-0.2, -0.15) is 0 Å². The largest absolute Gasteiger partial charge is 0.493 e. The van der Waals surface area contributed by atoms with Crippen molar-refractivity contribution in [3.8, 4) is 11.5 Å². The van der Waals surface area contributed by atoms with Crippen LogP contribution in [0.5, 0.6) is 11.5 Å². The minimum Gasteiger partial charge on any atom is -0.493 e. The lowest BCUT2D eigenvalue weighted by atomic mass is 9.87. The average molecular weight is 688 g/mol. The highest BCUT2D eigenvalue weighted by molar-refractivity contribution is 14.1. The lowest BCUT2D eigenvalue weighted by Gasteiger charge is -2.41. The summed E-state index contributed by atoms with van der Waals surface area (Å²) in [6.07, 6.45) is 2.37. The summed E-state index contributed by atoms with van der Waals surface area (Å²) in [6, 6.07) is 12.5. The van der Waals surface area contributed by atoms with Gasteiger partial charge in [-0.3, -0.25) is 14.4 Å². The second-order valence-corrected chi connectivity index (χ2v) is 11.8. The summed E-state index contributed by atoms with van der Waals surface area (Å²) in [5.41, 5.74) is 2.73. The van der Waals surface area contributed by atoms with E-state index in [0.717, 1.165) is 29.4 Å². The van der Waals surface area contributed by atoms with E-state index < -0.39 is 24.2 Å². The van der Waals surface area contributed by atoms with E-state index in [1.807, 2.05) is 46.9 Å². The van der Waals surface area contributed by atoms with E-state index in [-0.39, 0.29) is 31.4 Å². The molecule has 3 aromatic rings. The van der Waals surface area contributed by atoms with Crippen LogP contribution in [0.25, 0.3) is 10.9 Å². The van der Waals surface area contributed by atoms with Crippen LogP contribution in [0.15, 0.2) is 54.1 Å². The second-order valence-electron chi connectivity index (χ2n) is 10.6. The summed E-state index contributed by atoms with van der Waals surface area (Å²) in [5, 5.41) is 24.7. The Labute approximate surface area is 257 Å². The third-order valence-corrected chi connectivity index (χ3v) is 8.48. The number of rotatable bonds is 12. The van der Waals surface area contributed by atoms with Gasteiger partial charge in [0.15, 0.2) is 11.5 Å². The Kier molecular flexibility index (Phi) is 9.49. The Balaban J connectivity index is 1.46. The normalized spacial score (nSPS) is 20.1. The monoisotopic (exact) mass is 687 g/mol. The van der Waals surface area contributed by atoms with Crippen molar-refractivity contribution in [3.05, 3.63) is 68.9 Å². The third-order valence-electron chi connectivity index (χ3n) is 7.67. The number of carbonyl (C=O) groups excluding carboxylic acids is 3. The lowest BCUT2D eigenvalue weighted by molar-refractivity contribution is -0.139. The first kappa shape index (κ1) is 30.1. The Morgan fingerprint density at radius 1 is 1.21 bits per heavy atom. The number of benzene rings is 2. The molecule has 42 heavy (non-hydrogen) atoms. The first-order valence-corrected chi connectivity index (χ1v) is 15.0. The summed E-state index contributed by atoms with van der Waals surface area (Å²) in [6.45, 7) is 0.191. The number of para-hydroxylation sites is 1. The number of amides is 2. The second kappa shape index (κ2) is 13.3. The molecule has 2 aliphatic carbocycles. The topological polar surface area (TPSA) is 141 Å². The zero-order chi connectivity index (χ0) is 29.8. The van der Waals surface area contributed by atoms with Crippen LogP contribution in [0.3, 0.4) is 0 Å². The van der Waals surface area contributed by atoms with E-state index in [4.69, 9.17) is 9.47 Å². The quantitative estimate of drug-likeness (QED) is 0.170. The van der Waals surface area contributed by atoms with Crippen molar-refractivity contribution in [1.29, 1.82) is 0 Å². The highest BCUT2D eigenvalue weighted by Crippen LogP contribution is 2.38. The molecule has 2 amide bonds. The Hall–Kier alpha value is -3.42. The minimum absolute atomic E-state index is 0.0478. The van der Waals surface area contributed by atoms with Gasteiger partial charge >= 0.3 is 0 Å². The molecule has 1 saturated carbocycles. The van der Waals surface area contributed by atoms with Gasteiger partial charge in [-0.15, -0.1) is 0 Å². The van der Waals surface area contributed by atoms with Crippen LogP contribution in [0.1, 0.15) is 35.3 Å². The number of aldehydes is 1. The number of nitrogens with zero attached hydrogens (tertiary/aromatic N) is 1. The van der Waals surface area contributed by atoms with Gasteiger partial charge in [-0.1, -0.05) is 18.2 Å². The molecule has 0 radical (unpaired) electrons. The molecule has 5 rings (SSSR count). The molecular formula is C31H34IN3O7. The fourth-order valence-electron chi connectivity index (χ4n) is 5.35. The molecule has 3 atom stereocenters. The number of hydrogen-bond donors (Lipinski definition) is 4. The minimum atomic E-state index is -1.16. The summed E-state index contributed by atoms with van der Waals surface area (Å²) in [7, 11) is 1.45. The molecule has 2 aromatic carbocycles. The molecule has 1 fully saturated rings. The van der Waals surface area contributed by atoms with Crippen LogP contribution < -0.4 is 14.8 Å². The van der Waals surface area contributed by atoms with E-state index >= 15 is 0 Å². The summed E-state index contributed by atoms with van der Waals surface area (Å²) in [5.74, 6) is 0.0739. The molecule has 0 spiro atoms. The number of H-pyrrole nitrogens is 1. The molecule has 0 unspecified atom stereocenters. The number of fused-ring (bicyclic) bond motifs is 1. The number of nitrogens with one attached hydrogen (secondary N) is 2.